The predicted octanol–water partition coefficient (Wildman–Crippen LogP) is 1.65. The number of aryl methyl sites for hydroxylation is 1. The number of aliphatic hydroxyl groups excluding tert-OH is 1. The molecule has 104 valence electrons. The molecule has 0 atom stereocenters. The number of ether oxygens (including phenoxy) is 1. The van der Waals surface area contributed by atoms with Crippen molar-refractivity contribution in [2.24, 2.45) is 0 Å². The molecule has 0 spiro atoms. The maximum absolute atomic E-state index is 11.2. The van der Waals surface area contributed by atoms with E-state index in [0.717, 1.165) is 5.56 Å². The van der Waals surface area contributed by atoms with Crippen molar-refractivity contribution >= 4 is 11.7 Å². The molecule has 0 unspecified atom stereocenters. The number of hydrogen-bond donors (Lipinski definition) is 3. The molecule has 1 aliphatic heterocycles. The first-order valence-electron chi connectivity index (χ1n) is 6.37. The van der Waals surface area contributed by atoms with Gasteiger partial charge < -0.3 is 20.3 Å². The second kappa shape index (κ2) is 5.59. The number of nitrogens with one attached hydrogen (secondary N) is 1. The molecule has 0 radical (unpaired) electrons. The largest absolute Gasteiger partial charge is 0.478 e. The van der Waals surface area contributed by atoms with Crippen molar-refractivity contribution in [1.29, 1.82) is 0 Å². The highest BCUT2D eigenvalue weighted by molar-refractivity contribution is 5.94. The number of aliphatic hydroxyl groups is 1. The van der Waals surface area contributed by atoms with Crippen molar-refractivity contribution in [3.63, 3.8) is 0 Å². The first-order chi connectivity index (χ1) is 9.06. The van der Waals surface area contributed by atoms with Crippen LogP contribution in [-0.2, 0) is 4.74 Å². The topological polar surface area (TPSA) is 78.8 Å². The number of benzene rings is 1. The zero-order valence-corrected chi connectivity index (χ0v) is 11.0. The molecule has 1 heterocycles. The van der Waals surface area contributed by atoms with Gasteiger partial charge in [-0.1, -0.05) is 6.07 Å². The summed E-state index contributed by atoms with van der Waals surface area (Å²) < 4.78 is 5.30. The highest BCUT2D eigenvalue weighted by Crippen LogP contribution is 2.28. The van der Waals surface area contributed by atoms with E-state index in [4.69, 9.17) is 4.74 Å². The Kier molecular flexibility index (Phi) is 4.07. The van der Waals surface area contributed by atoms with Gasteiger partial charge in [0.25, 0.3) is 0 Å². The molecule has 1 aromatic carbocycles. The van der Waals surface area contributed by atoms with Crippen LogP contribution in [0.2, 0.25) is 0 Å². The molecule has 19 heavy (non-hydrogen) atoms. The van der Waals surface area contributed by atoms with Gasteiger partial charge in [0.05, 0.1) is 17.7 Å². The molecule has 1 fully saturated rings. The molecule has 0 aromatic heterocycles. The lowest BCUT2D eigenvalue weighted by atomic mass is 9.90. The van der Waals surface area contributed by atoms with Gasteiger partial charge in [0.1, 0.15) is 0 Å². The normalized spacial score (nSPS) is 18.0. The Labute approximate surface area is 112 Å². The summed E-state index contributed by atoms with van der Waals surface area (Å²) in [7, 11) is 0. The molecular formula is C14H19NO4. The van der Waals surface area contributed by atoms with Gasteiger partial charge in [-0.2, -0.15) is 0 Å². The minimum Gasteiger partial charge on any atom is -0.478 e. The predicted molar refractivity (Wildman–Crippen MR) is 71.6 cm³/mol. The fraction of sp³-hybridized carbons (Fsp3) is 0.500. The fourth-order valence-electron chi connectivity index (χ4n) is 2.32. The third kappa shape index (κ3) is 3.05. The molecule has 2 rings (SSSR count). The molecule has 0 aliphatic carbocycles. The van der Waals surface area contributed by atoms with Crippen LogP contribution in [-0.4, -0.2) is 41.5 Å². The Bertz CT molecular complexity index is 467. The fourth-order valence-corrected chi connectivity index (χ4v) is 2.32. The van der Waals surface area contributed by atoms with Crippen LogP contribution in [0.5, 0.6) is 0 Å². The lowest BCUT2D eigenvalue weighted by Crippen LogP contribution is -2.47. The van der Waals surface area contributed by atoms with Crippen molar-refractivity contribution in [3.05, 3.63) is 29.3 Å². The van der Waals surface area contributed by atoms with Crippen LogP contribution in [0.4, 0.5) is 5.69 Å². The highest BCUT2D eigenvalue weighted by Gasteiger charge is 2.32. The van der Waals surface area contributed by atoms with E-state index in [2.05, 4.69) is 5.32 Å². The van der Waals surface area contributed by atoms with Gasteiger partial charge in [0.2, 0.25) is 0 Å². The Morgan fingerprint density at radius 2 is 2.11 bits per heavy atom. The van der Waals surface area contributed by atoms with Gasteiger partial charge in [0.15, 0.2) is 0 Å². The van der Waals surface area contributed by atoms with Crippen molar-refractivity contribution in [1.82, 2.24) is 0 Å². The molecule has 5 heteroatoms. The maximum Gasteiger partial charge on any atom is 0.337 e. The average molecular weight is 265 g/mol. The van der Waals surface area contributed by atoms with Crippen LogP contribution in [0.15, 0.2) is 18.2 Å². The van der Waals surface area contributed by atoms with Crippen LogP contribution in [0, 0.1) is 6.92 Å². The minimum atomic E-state index is -0.970. The van der Waals surface area contributed by atoms with E-state index < -0.39 is 11.5 Å². The zero-order chi connectivity index (χ0) is 13.9. The number of anilines is 1. The number of rotatable bonds is 4. The summed E-state index contributed by atoms with van der Waals surface area (Å²) in [5.41, 5.74) is 1.27. The average Bonchev–Trinajstić information content (AvgIpc) is 2.39. The van der Waals surface area contributed by atoms with Crippen LogP contribution in [0.1, 0.15) is 28.8 Å². The van der Waals surface area contributed by atoms with Crippen LogP contribution < -0.4 is 5.32 Å². The summed E-state index contributed by atoms with van der Waals surface area (Å²) in [4.78, 5) is 11.2. The molecular weight excluding hydrogens is 246 g/mol. The molecule has 0 amide bonds. The van der Waals surface area contributed by atoms with Crippen molar-refractivity contribution < 1.29 is 19.7 Å². The van der Waals surface area contributed by atoms with E-state index in [1.807, 2.05) is 6.92 Å². The summed E-state index contributed by atoms with van der Waals surface area (Å²) in [5.74, 6) is -0.970. The van der Waals surface area contributed by atoms with E-state index >= 15 is 0 Å². The maximum atomic E-state index is 11.2. The summed E-state index contributed by atoms with van der Waals surface area (Å²) in [6, 6.07) is 5.16. The summed E-state index contributed by atoms with van der Waals surface area (Å²) >= 11 is 0. The van der Waals surface area contributed by atoms with E-state index in [-0.39, 0.29) is 12.2 Å². The summed E-state index contributed by atoms with van der Waals surface area (Å²) in [6.07, 6.45) is 1.33. The second-order valence-electron chi connectivity index (χ2n) is 5.03. The quantitative estimate of drug-likeness (QED) is 0.771. The molecule has 1 aromatic rings. The number of carboxylic acid groups (broad SMARTS) is 1. The first kappa shape index (κ1) is 13.8. The van der Waals surface area contributed by atoms with E-state index in [0.29, 0.717) is 31.7 Å². The number of carboxylic acids is 1. The first-order valence-corrected chi connectivity index (χ1v) is 6.37. The number of aromatic carboxylic acids is 1. The van der Waals surface area contributed by atoms with E-state index in [1.54, 1.807) is 18.2 Å². The molecule has 5 nitrogen and oxygen atoms in total. The van der Waals surface area contributed by atoms with Gasteiger partial charge in [-0.15, -0.1) is 0 Å². The van der Waals surface area contributed by atoms with Crippen molar-refractivity contribution in [2.75, 3.05) is 25.1 Å². The van der Waals surface area contributed by atoms with Gasteiger partial charge in [0, 0.05) is 18.9 Å². The number of hydrogen-bond acceptors (Lipinski definition) is 4. The Morgan fingerprint density at radius 1 is 1.42 bits per heavy atom. The van der Waals surface area contributed by atoms with E-state index in [1.165, 1.54) is 0 Å². The van der Waals surface area contributed by atoms with Gasteiger partial charge >= 0.3 is 5.97 Å². The van der Waals surface area contributed by atoms with Crippen molar-refractivity contribution in [2.45, 2.75) is 25.3 Å². The molecule has 0 saturated carbocycles. The third-order valence-corrected chi connectivity index (χ3v) is 3.56. The van der Waals surface area contributed by atoms with Crippen LogP contribution in [0.3, 0.4) is 0 Å². The third-order valence-electron chi connectivity index (χ3n) is 3.56. The smallest absolute Gasteiger partial charge is 0.337 e. The molecule has 3 N–H and O–H groups in total. The zero-order valence-electron chi connectivity index (χ0n) is 11.0. The van der Waals surface area contributed by atoms with Crippen molar-refractivity contribution in [3.8, 4) is 0 Å². The standard InChI is InChI=1S/C14H19NO4/c1-10-2-3-11(13(17)18)12(8-10)15-14(9-16)4-6-19-7-5-14/h2-3,8,15-16H,4-7,9H2,1H3,(H,17,18). The van der Waals surface area contributed by atoms with Gasteiger partial charge in [-0.25, -0.2) is 4.79 Å². The molecule has 0 bridgehead atoms. The summed E-state index contributed by atoms with van der Waals surface area (Å²) in [5, 5.41) is 22.1. The second-order valence-corrected chi connectivity index (χ2v) is 5.03. The highest BCUT2D eigenvalue weighted by atomic mass is 16.5. The molecule has 1 aliphatic rings. The minimum absolute atomic E-state index is 0.0383. The lowest BCUT2D eigenvalue weighted by Gasteiger charge is -2.37. The van der Waals surface area contributed by atoms with Gasteiger partial charge in [-0.3, -0.25) is 0 Å². The lowest BCUT2D eigenvalue weighted by molar-refractivity contribution is 0.0379. The Morgan fingerprint density at radius 3 is 2.68 bits per heavy atom. The SMILES string of the molecule is Cc1ccc(C(=O)O)c(NC2(CO)CCOCC2)c1. The summed E-state index contributed by atoms with van der Waals surface area (Å²) in [6.45, 7) is 3.01. The monoisotopic (exact) mass is 265 g/mol. The Balaban J connectivity index is 2.30. The van der Waals surface area contributed by atoms with Gasteiger partial charge in [-0.05, 0) is 37.5 Å². The Hall–Kier alpha value is -1.59. The van der Waals surface area contributed by atoms with Crippen LogP contribution in [0.25, 0.3) is 0 Å². The van der Waals surface area contributed by atoms with Crippen LogP contribution >= 0.6 is 0 Å². The van der Waals surface area contributed by atoms with E-state index in [9.17, 15) is 15.0 Å². The molecule has 1 saturated heterocycles. The number of carbonyl (C=O) groups is 1.